The number of benzene rings is 2. The zero-order chi connectivity index (χ0) is 26.4. The zero-order valence-corrected chi connectivity index (χ0v) is 20.7. The van der Waals surface area contributed by atoms with Crippen molar-refractivity contribution in [2.45, 2.75) is 13.0 Å². The third-order valence-corrected chi connectivity index (χ3v) is 5.56. The molecule has 0 fully saturated rings. The minimum atomic E-state index is -0.531. The van der Waals surface area contributed by atoms with E-state index in [0.717, 1.165) is 11.1 Å². The van der Waals surface area contributed by atoms with Crippen LogP contribution < -0.4 is 16.0 Å². The van der Waals surface area contributed by atoms with Crippen molar-refractivity contribution in [3.8, 4) is 28.4 Å². The lowest BCUT2D eigenvalue weighted by Crippen LogP contribution is -2.33. The number of amides is 1. The number of hydrogen-bond acceptors (Lipinski definition) is 7. The number of ether oxygens (including phenoxy) is 1. The fourth-order valence-corrected chi connectivity index (χ4v) is 3.70. The lowest BCUT2D eigenvalue weighted by molar-refractivity contribution is -0.840. The molecule has 4 aromatic rings. The van der Waals surface area contributed by atoms with Crippen LogP contribution in [0.5, 0.6) is 5.75 Å². The molecule has 0 radical (unpaired) electrons. The molecule has 37 heavy (non-hydrogen) atoms. The Hall–Kier alpha value is -4.41. The van der Waals surface area contributed by atoms with Crippen LogP contribution >= 0.6 is 0 Å². The van der Waals surface area contributed by atoms with Crippen LogP contribution in [0.4, 0.5) is 0 Å². The van der Waals surface area contributed by atoms with Crippen molar-refractivity contribution >= 4 is 5.91 Å². The summed E-state index contributed by atoms with van der Waals surface area (Å²) in [6, 6.07) is 17.4. The van der Waals surface area contributed by atoms with Crippen molar-refractivity contribution < 1.29 is 14.2 Å². The highest BCUT2D eigenvalue weighted by Crippen LogP contribution is 2.20. The van der Waals surface area contributed by atoms with Gasteiger partial charge in [-0.25, -0.2) is 14.6 Å². The van der Waals surface area contributed by atoms with Gasteiger partial charge in [0, 0.05) is 29.2 Å². The van der Waals surface area contributed by atoms with Gasteiger partial charge in [0.05, 0.1) is 51.9 Å². The van der Waals surface area contributed by atoms with E-state index in [9.17, 15) is 14.8 Å². The van der Waals surface area contributed by atoms with Gasteiger partial charge >= 0.3 is 0 Å². The Kier molecular flexibility index (Phi) is 7.71. The quantitative estimate of drug-likeness (QED) is 0.201. The van der Waals surface area contributed by atoms with Gasteiger partial charge in [0.25, 0.3) is 5.56 Å². The van der Waals surface area contributed by atoms with Crippen molar-refractivity contribution in [3.05, 3.63) is 99.7 Å². The Morgan fingerprint density at radius 2 is 1.76 bits per heavy atom. The molecule has 0 bridgehead atoms. The number of carbonyl (C=O) groups is 1. The van der Waals surface area contributed by atoms with Crippen LogP contribution in [0.25, 0.3) is 22.6 Å². The van der Waals surface area contributed by atoms with Crippen LogP contribution in [0.2, 0.25) is 0 Å². The Balaban J connectivity index is 1.47. The van der Waals surface area contributed by atoms with Crippen LogP contribution in [0, 0.1) is 5.21 Å². The van der Waals surface area contributed by atoms with Crippen LogP contribution in [0.1, 0.15) is 22.3 Å². The third-order valence-electron chi connectivity index (χ3n) is 5.56. The molecule has 2 aromatic carbocycles. The molecule has 2 heterocycles. The molecule has 4 rings (SSSR count). The molecule has 0 saturated carbocycles. The lowest BCUT2D eigenvalue weighted by atomic mass is 10.1. The predicted molar refractivity (Wildman–Crippen MR) is 139 cm³/mol. The highest BCUT2D eigenvalue weighted by atomic mass is 16.5. The smallest absolute Gasteiger partial charge is 0.267 e. The molecule has 10 nitrogen and oxygen atoms in total. The van der Waals surface area contributed by atoms with E-state index in [1.54, 1.807) is 56.8 Å². The maximum Gasteiger partial charge on any atom is 0.267 e. The first kappa shape index (κ1) is 25.7. The summed E-state index contributed by atoms with van der Waals surface area (Å²) in [5.41, 5.74) is 8.37. The average molecular weight is 501 g/mol. The second kappa shape index (κ2) is 11.1. The molecular weight excluding hydrogens is 472 g/mol. The summed E-state index contributed by atoms with van der Waals surface area (Å²) >= 11 is 0. The van der Waals surface area contributed by atoms with Gasteiger partial charge in [0.1, 0.15) is 0 Å². The minimum absolute atomic E-state index is 0.242. The van der Waals surface area contributed by atoms with Crippen LogP contribution in [0.15, 0.2) is 77.9 Å². The molecule has 0 saturated heterocycles. The zero-order valence-electron chi connectivity index (χ0n) is 20.7. The topological polar surface area (TPSA) is 136 Å². The number of aromatic nitrogens is 4. The van der Waals surface area contributed by atoms with Gasteiger partial charge in [-0.1, -0.05) is 30.3 Å². The van der Waals surface area contributed by atoms with Crippen molar-refractivity contribution in [2.24, 2.45) is 5.73 Å². The monoisotopic (exact) mass is 500 g/mol. The third kappa shape index (κ3) is 7.06. The second-order valence-electron chi connectivity index (χ2n) is 9.10. The lowest BCUT2D eigenvalue weighted by Gasteiger charge is -2.33. The number of nitrogens with two attached hydrogens (primary N) is 1. The van der Waals surface area contributed by atoms with E-state index in [1.807, 2.05) is 24.3 Å². The van der Waals surface area contributed by atoms with Crippen LogP contribution in [-0.4, -0.2) is 57.5 Å². The summed E-state index contributed by atoms with van der Waals surface area (Å²) in [6.07, 6.45) is 3.83. The van der Waals surface area contributed by atoms with Crippen LogP contribution in [-0.2, 0) is 6.54 Å². The summed E-state index contributed by atoms with van der Waals surface area (Å²) in [5, 5.41) is 16.1. The fourth-order valence-electron chi connectivity index (χ4n) is 3.70. The normalized spacial score (nSPS) is 11.3. The number of hydroxylamine groups is 3. The Labute approximate surface area is 214 Å². The molecule has 0 atom stereocenters. The Bertz CT molecular complexity index is 1440. The molecule has 1 amide bonds. The van der Waals surface area contributed by atoms with Gasteiger partial charge in [-0.05, 0) is 29.8 Å². The molecule has 0 aliphatic rings. The molecular formula is C27H28N6O4. The number of quaternary nitrogens is 1. The molecule has 10 heteroatoms. The van der Waals surface area contributed by atoms with Gasteiger partial charge in [0.2, 0.25) is 5.91 Å². The minimum Gasteiger partial charge on any atom is -0.633 e. The summed E-state index contributed by atoms with van der Waals surface area (Å²) in [5.74, 6) is 0.518. The standard InChI is InChI=1S/C27H28N6O4/c1-33(2,36)12-5-13-37-23-16-29-27(30-17-23)22-9-3-6-19(14-22)18-32-25(34)11-10-24(31-32)20-7-4-8-21(15-20)26(28)35/h3-4,6-11,14-17H,5,12-13,18H2,1-2H3,(H2,28,35). The maximum atomic E-state index is 12.5. The van der Waals surface area contributed by atoms with E-state index in [1.165, 1.54) is 10.7 Å². The largest absolute Gasteiger partial charge is 0.633 e. The van der Waals surface area contributed by atoms with Crippen molar-refractivity contribution in [2.75, 3.05) is 27.2 Å². The van der Waals surface area contributed by atoms with E-state index in [2.05, 4.69) is 15.1 Å². The number of hydrogen-bond donors (Lipinski definition) is 1. The van der Waals surface area contributed by atoms with Gasteiger partial charge in [0.15, 0.2) is 11.6 Å². The number of rotatable bonds is 10. The first-order valence-corrected chi connectivity index (χ1v) is 11.7. The predicted octanol–water partition coefficient (Wildman–Crippen LogP) is 2.86. The molecule has 0 unspecified atom stereocenters. The highest BCUT2D eigenvalue weighted by molar-refractivity contribution is 5.93. The fraction of sp³-hybridized carbons (Fsp3) is 0.222. The van der Waals surface area contributed by atoms with Crippen molar-refractivity contribution in [3.63, 3.8) is 0 Å². The van der Waals surface area contributed by atoms with Gasteiger partial charge in [-0.15, -0.1) is 0 Å². The van der Waals surface area contributed by atoms with Crippen molar-refractivity contribution in [1.82, 2.24) is 19.7 Å². The van der Waals surface area contributed by atoms with Crippen LogP contribution in [0.3, 0.4) is 0 Å². The van der Waals surface area contributed by atoms with E-state index in [4.69, 9.17) is 10.5 Å². The maximum absolute atomic E-state index is 12.5. The number of nitrogens with zero attached hydrogens (tertiary/aromatic N) is 5. The van der Waals surface area contributed by atoms with Gasteiger partial charge in [-0.3, -0.25) is 9.59 Å². The molecule has 2 aromatic heterocycles. The Morgan fingerprint density at radius 3 is 2.49 bits per heavy atom. The summed E-state index contributed by atoms with van der Waals surface area (Å²) in [4.78, 5) is 32.8. The van der Waals surface area contributed by atoms with Gasteiger partial charge in [-0.2, -0.15) is 5.10 Å². The molecule has 190 valence electrons. The number of carbonyl (C=O) groups excluding carboxylic acids is 1. The van der Waals surface area contributed by atoms with E-state index >= 15 is 0 Å². The molecule has 0 aliphatic heterocycles. The molecule has 0 aliphatic carbocycles. The summed E-state index contributed by atoms with van der Waals surface area (Å²) in [7, 11) is 3.19. The first-order chi connectivity index (χ1) is 17.7. The number of primary amides is 1. The SMILES string of the molecule is C[N+](C)([O-])CCCOc1cnc(-c2cccc(Cn3nc(-c4cccc(C(N)=O)c4)ccc3=O)c2)nc1. The van der Waals surface area contributed by atoms with Crippen molar-refractivity contribution in [1.29, 1.82) is 0 Å². The summed E-state index contributed by atoms with van der Waals surface area (Å²) < 4.78 is 6.64. The highest BCUT2D eigenvalue weighted by Gasteiger charge is 2.09. The first-order valence-electron chi connectivity index (χ1n) is 11.7. The molecule has 2 N–H and O–H groups in total. The molecule has 0 spiro atoms. The van der Waals surface area contributed by atoms with E-state index in [0.29, 0.717) is 48.0 Å². The van der Waals surface area contributed by atoms with Gasteiger partial charge < -0.3 is 20.3 Å². The Morgan fingerprint density at radius 1 is 1.03 bits per heavy atom. The second-order valence-corrected chi connectivity index (χ2v) is 9.10. The van der Waals surface area contributed by atoms with E-state index < -0.39 is 5.91 Å². The average Bonchev–Trinajstić information content (AvgIpc) is 2.88. The summed E-state index contributed by atoms with van der Waals surface area (Å²) in [6.45, 7) is 1.12. The van der Waals surface area contributed by atoms with E-state index in [-0.39, 0.29) is 16.8 Å².